The smallest absolute Gasteiger partial charge is 0.307 e. The minimum Gasteiger partial charge on any atom is -0.493 e. The lowest BCUT2D eigenvalue weighted by Crippen LogP contribution is -2.09. The summed E-state index contributed by atoms with van der Waals surface area (Å²) < 4.78 is 5.93. The molecule has 24 heavy (non-hydrogen) atoms. The Morgan fingerprint density at radius 1 is 1.29 bits per heavy atom. The van der Waals surface area contributed by atoms with Crippen LogP contribution in [-0.4, -0.2) is 17.7 Å². The van der Waals surface area contributed by atoms with E-state index in [0.717, 1.165) is 26.6 Å². The van der Waals surface area contributed by atoms with Crippen LogP contribution in [-0.2, 0) is 24.1 Å². The molecule has 0 spiro atoms. The number of thiophene rings is 1. The predicted molar refractivity (Wildman–Crippen MR) is 97.8 cm³/mol. The molecule has 2 aromatic rings. The van der Waals surface area contributed by atoms with Gasteiger partial charge in [-0.3, -0.25) is 4.79 Å². The average molecular weight is 342 g/mol. The largest absolute Gasteiger partial charge is 0.493 e. The van der Waals surface area contributed by atoms with Crippen molar-refractivity contribution in [2.24, 2.45) is 5.92 Å². The summed E-state index contributed by atoms with van der Waals surface area (Å²) in [5.74, 6) is 2.99. The van der Waals surface area contributed by atoms with Gasteiger partial charge in [0.05, 0.1) is 13.0 Å². The van der Waals surface area contributed by atoms with E-state index in [1.165, 1.54) is 0 Å². The summed E-state index contributed by atoms with van der Waals surface area (Å²) in [4.78, 5) is 13.5. The Morgan fingerprint density at radius 2 is 2.04 bits per heavy atom. The van der Waals surface area contributed by atoms with E-state index in [1.807, 2.05) is 24.3 Å². The van der Waals surface area contributed by atoms with E-state index in [9.17, 15) is 9.90 Å². The van der Waals surface area contributed by atoms with E-state index >= 15 is 0 Å². The summed E-state index contributed by atoms with van der Waals surface area (Å²) in [6.07, 6.45) is 6.64. The van der Waals surface area contributed by atoms with Gasteiger partial charge in [0, 0.05) is 28.2 Å². The standard InChI is InChI=1S/C20H22O3S/c1-4-6-16-9-10-17(24-16)12-18-15(11-20(21)22)7-5-8-19(18)23-13-14(2)3/h1,5,7-10,14H,6,11-13H2,2-3H3,(H,21,22). The van der Waals surface area contributed by atoms with Gasteiger partial charge in [0.1, 0.15) is 5.75 Å². The Bertz CT molecular complexity index is 738. The van der Waals surface area contributed by atoms with Crippen LogP contribution in [0.2, 0.25) is 0 Å². The number of ether oxygens (including phenoxy) is 1. The Labute approximate surface area is 147 Å². The van der Waals surface area contributed by atoms with Gasteiger partial charge in [-0.05, 0) is 29.7 Å². The summed E-state index contributed by atoms with van der Waals surface area (Å²) in [7, 11) is 0. The topological polar surface area (TPSA) is 46.5 Å². The van der Waals surface area contributed by atoms with Crippen molar-refractivity contribution >= 4 is 17.3 Å². The molecule has 3 nitrogen and oxygen atoms in total. The first kappa shape index (κ1) is 18.1. The maximum atomic E-state index is 11.2. The van der Waals surface area contributed by atoms with Crippen molar-refractivity contribution in [3.63, 3.8) is 0 Å². The highest BCUT2D eigenvalue weighted by atomic mass is 32.1. The molecule has 1 aromatic heterocycles. The molecule has 1 heterocycles. The van der Waals surface area contributed by atoms with Gasteiger partial charge in [-0.25, -0.2) is 0 Å². The molecule has 0 aliphatic carbocycles. The zero-order valence-electron chi connectivity index (χ0n) is 14.0. The zero-order chi connectivity index (χ0) is 17.5. The Balaban J connectivity index is 2.31. The van der Waals surface area contributed by atoms with Crippen molar-refractivity contribution in [3.8, 4) is 18.1 Å². The van der Waals surface area contributed by atoms with Crippen LogP contribution in [0.25, 0.3) is 0 Å². The Morgan fingerprint density at radius 3 is 2.71 bits per heavy atom. The van der Waals surface area contributed by atoms with Crippen LogP contribution in [0.5, 0.6) is 5.75 Å². The second-order valence-corrected chi connectivity index (χ2v) is 7.35. The van der Waals surface area contributed by atoms with Gasteiger partial charge in [-0.2, -0.15) is 0 Å². The molecule has 0 saturated carbocycles. The van der Waals surface area contributed by atoms with Crippen LogP contribution in [0.15, 0.2) is 30.3 Å². The fourth-order valence-electron chi connectivity index (χ4n) is 2.42. The summed E-state index contributed by atoms with van der Waals surface area (Å²) in [6.45, 7) is 4.79. The first-order valence-corrected chi connectivity index (χ1v) is 8.77. The summed E-state index contributed by atoms with van der Waals surface area (Å²) >= 11 is 1.67. The quantitative estimate of drug-likeness (QED) is 0.732. The number of hydrogen-bond acceptors (Lipinski definition) is 3. The molecule has 1 N–H and O–H groups in total. The summed E-state index contributed by atoms with van der Waals surface area (Å²) in [5.41, 5.74) is 1.75. The molecule has 0 aliphatic heterocycles. The van der Waals surface area contributed by atoms with Gasteiger partial charge in [0.15, 0.2) is 0 Å². The highest BCUT2D eigenvalue weighted by molar-refractivity contribution is 7.12. The Hall–Kier alpha value is -2.25. The third-order valence-corrected chi connectivity index (χ3v) is 4.57. The monoisotopic (exact) mass is 342 g/mol. The maximum Gasteiger partial charge on any atom is 0.307 e. The van der Waals surface area contributed by atoms with Crippen LogP contribution in [0.1, 0.15) is 34.7 Å². The normalized spacial score (nSPS) is 10.6. The third kappa shape index (κ3) is 5.14. The van der Waals surface area contributed by atoms with Crippen LogP contribution < -0.4 is 4.74 Å². The first-order valence-electron chi connectivity index (χ1n) is 7.96. The van der Waals surface area contributed by atoms with Gasteiger partial charge in [-0.15, -0.1) is 23.7 Å². The van der Waals surface area contributed by atoms with E-state index in [1.54, 1.807) is 11.3 Å². The lowest BCUT2D eigenvalue weighted by Gasteiger charge is -2.16. The molecule has 126 valence electrons. The van der Waals surface area contributed by atoms with Crippen molar-refractivity contribution in [3.05, 3.63) is 51.2 Å². The predicted octanol–water partition coefficient (Wildman–Crippen LogP) is 4.18. The number of carboxylic acid groups (broad SMARTS) is 1. The molecule has 2 rings (SSSR count). The minimum atomic E-state index is -0.837. The van der Waals surface area contributed by atoms with E-state index in [4.69, 9.17) is 11.2 Å². The fraction of sp³-hybridized carbons (Fsp3) is 0.350. The number of carbonyl (C=O) groups is 1. The molecule has 0 radical (unpaired) electrons. The van der Waals surface area contributed by atoms with Gasteiger partial charge >= 0.3 is 5.97 Å². The molecule has 0 fully saturated rings. The van der Waals surface area contributed by atoms with E-state index in [-0.39, 0.29) is 6.42 Å². The van der Waals surface area contributed by atoms with E-state index < -0.39 is 5.97 Å². The van der Waals surface area contributed by atoms with Crippen LogP contribution in [0, 0.1) is 18.3 Å². The molecule has 1 aromatic carbocycles. The summed E-state index contributed by atoms with van der Waals surface area (Å²) in [6, 6.07) is 9.73. The van der Waals surface area contributed by atoms with Crippen molar-refractivity contribution in [1.29, 1.82) is 0 Å². The number of hydrogen-bond donors (Lipinski definition) is 1. The molecular weight excluding hydrogens is 320 g/mol. The average Bonchev–Trinajstić information content (AvgIpc) is 2.94. The SMILES string of the molecule is C#CCc1ccc(Cc2c(CC(=O)O)cccc2OCC(C)C)s1. The number of benzene rings is 1. The number of rotatable bonds is 8. The van der Waals surface area contributed by atoms with Crippen molar-refractivity contribution in [2.45, 2.75) is 33.1 Å². The molecule has 0 bridgehead atoms. The molecule has 0 saturated heterocycles. The van der Waals surface area contributed by atoms with Crippen LogP contribution in [0.4, 0.5) is 0 Å². The molecular formula is C20H22O3S. The number of carboxylic acids is 1. The molecule has 0 aliphatic rings. The van der Waals surface area contributed by atoms with Gasteiger partial charge in [0.2, 0.25) is 0 Å². The first-order chi connectivity index (χ1) is 11.5. The second-order valence-electron chi connectivity index (χ2n) is 6.09. The van der Waals surface area contributed by atoms with Crippen LogP contribution >= 0.6 is 11.3 Å². The summed E-state index contributed by atoms with van der Waals surface area (Å²) in [5, 5.41) is 9.18. The lowest BCUT2D eigenvalue weighted by molar-refractivity contribution is -0.136. The van der Waals surface area contributed by atoms with E-state index in [2.05, 4.69) is 25.8 Å². The highest BCUT2D eigenvalue weighted by Crippen LogP contribution is 2.29. The molecule has 0 amide bonds. The molecule has 0 unspecified atom stereocenters. The third-order valence-electron chi connectivity index (χ3n) is 3.49. The maximum absolute atomic E-state index is 11.2. The van der Waals surface area contributed by atoms with E-state index in [0.29, 0.717) is 25.4 Å². The highest BCUT2D eigenvalue weighted by Gasteiger charge is 2.14. The van der Waals surface area contributed by atoms with Crippen molar-refractivity contribution < 1.29 is 14.6 Å². The van der Waals surface area contributed by atoms with Gasteiger partial charge in [0.25, 0.3) is 0 Å². The zero-order valence-corrected chi connectivity index (χ0v) is 14.9. The Kier molecular flexibility index (Phi) is 6.45. The second kappa shape index (κ2) is 8.56. The molecule has 0 atom stereocenters. The van der Waals surface area contributed by atoms with Gasteiger partial charge in [-0.1, -0.05) is 26.0 Å². The minimum absolute atomic E-state index is 0.00317. The van der Waals surface area contributed by atoms with Gasteiger partial charge < -0.3 is 9.84 Å². The lowest BCUT2D eigenvalue weighted by atomic mass is 10.00. The number of terminal acetylenes is 1. The fourth-order valence-corrected chi connectivity index (χ4v) is 3.40. The van der Waals surface area contributed by atoms with Crippen molar-refractivity contribution in [1.82, 2.24) is 0 Å². The van der Waals surface area contributed by atoms with Crippen molar-refractivity contribution in [2.75, 3.05) is 6.61 Å². The van der Waals surface area contributed by atoms with Crippen LogP contribution in [0.3, 0.4) is 0 Å². The molecule has 4 heteroatoms. The number of aliphatic carboxylic acids is 1.